The fraction of sp³-hybridized carbons (Fsp3) is 0.364. The molecule has 0 radical (unpaired) electrons. The van der Waals surface area contributed by atoms with Gasteiger partial charge in [-0.1, -0.05) is 12.1 Å². The number of ether oxygens (including phenoxy) is 2. The zero-order chi connectivity index (χ0) is 19.5. The summed E-state index contributed by atoms with van der Waals surface area (Å²) in [6.07, 6.45) is 3.04. The van der Waals surface area contributed by atoms with Crippen LogP contribution >= 0.6 is 11.3 Å². The number of aromatic nitrogens is 1. The van der Waals surface area contributed by atoms with Crippen molar-refractivity contribution in [3.63, 3.8) is 0 Å². The molecule has 1 saturated heterocycles. The van der Waals surface area contributed by atoms with E-state index in [1.807, 2.05) is 56.4 Å². The highest BCUT2D eigenvalue weighted by molar-refractivity contribution is 7.17. The van der Waals surface area contributed by atoms with E-state index < -0.39 is 0 Å². The van der Waals surface area contributed by atoms with Crippen molar-refractivity contribution in [3.05, 3.63) is 53.5 Å². The molecule has 6 heteroatoms. The molecule has 1 fully saturated rings. The molecule has 146 valence electrons. The van der Waals surface area contributed by atoms with Crippen LogP contribution < -0.4 is 9.64 Å². The lowest BCUT2D eigenvalue weighted by atomic mass is 10.1. The minimum atomic E-state index is -0.180. The van der Waals surface area contributed by atoms with Gasteiger partial charge in [-0.2, -0.15) is 0 Å². The molecule has 4 rings (SSSR count). The molecule has 3 heterocycles. The van der Waals surface area contributed by atoms with Crippen molar-refractivity contribution in [1.29, 1.82) is 0 Å². The van der Waals surface area contributed by atoms with E-state index in [1.54, 1.807) is 11.3 Å². The van der Waals surface area contributed by atoms with Crippen molar-refractivity contribution in [1.82, 2.24) is 4.98 Å². The highest BCUT2D eigenvalue weighted by Gasteiger charge is 2.27. The summed E-state index contributed by atoms with van der Waals surface area (Å²) in [4.78, 5) is 19.1. The average molecular weight is 397 g/mol. The van der Waals surface area contributed by atoms with Crippen LogP contribution in [0.15, 0.2) is 48.0 Å². The van der Waals surface area contributed by atoms with Crippen LogP contribution in [0.5, 0.6) is 5.75 Å². The topological polar surface area (TPSA) is 51.7 Å². The van der Waals surface area contributed by atoms with Gasteiger partial charge in [-0.25, -0.2) is 0 Å². The third kappa shape index (κ3) is 4.28. The third-order valence-electron chi connectivity index (χ3n) is 4.75. The number of hydrogen-bond donors (Lipinski definition) is 0. The fourth-order valence-electron chi connectivity index (χ4n) is 3.50. The zero-order valence-electron chi connectivity index (χ0n) is 16.1. The molecule has 3 aromatic rings. The second kappa shape index (κ2) is 8.19. The minimum Gasteiger partial charge on any atom is -0.491 e. The minimum absolute atomic E-state index is 0.0702. The first-order chi connectivity index (χ1) is 13.6. The molecule has 0 saturated carbocycles. The maximum absolute atomic E-state index is 12.4. The van der Waals surface area contributed by atoms with Gasteiger partial charge in [-0.05, 0) is 49.1 Å². The monoisotopic (exact) mass is 396 g/mol. The number of pyridine rings is 1. The summed E-state index contributed by atoms with van der Waals surface area (Å²) in [5.74, 6) is 0.635. The van der Waals surface area contributed by atoms with E-state index in [1.165, 1.54) is 10.4 Å². The van der Waals surface area contributed by atoms with E-state index in [9.17, 15) is 4.79 Å². The number of rotatable bonds is 6. The third-order valence-corrected chi connectivity index (χ3v) is 5.68. The Morgan fingerprint density at radius 2 is 2.07 bits per heavy atom. The SMILES string of the molecule is CC(C)Oc1ccc(CC(=O)OC2CCN(c3ccnc4ccsc34)C2)cc1. The van der Waals surface area contributed by atoms with Crippen LogP contribution in [0, 0.1) is 0 Å². The number of nitrogens with zero attached hydrogens (tertiary/aromatic N) is 2. The largest absolute Gasteiger partial charge is 0.491 e. The Balaban J connectivity index is 1.33. The van der Waals surface area contributed by atoms with Crippen molar-refractivity contribution < 1.29 is 14.3 Å². The Morgan fingerprint density at radius 1 is 1.25 bits per heavy atom. The maximum Gasteiger partial charge on any atom is 0.310 e. The number of hydrogen-bond acceptors (Lipinski definition) is 6. The normalized spacial score (nSPS) is 16.7. The number of fused-ring (bicyclic) bond motifs is 1. The summed E-state index contributed by atoms with van der Waals surface area (Å²) in [7, 11) is 0. The van der Waals surface area contributed by atoms with Gasteiger partial charge in [0.2, 0.25) is 0 Å². The Labute approximate surface area is 168 Å². The molecule has 1 aliphatic heterocycles. The lowest BCUT2D eigenvalue weighted by Gasteiger charge is -2.19. The molecule has 0 amide bonds. The second-order valence-corrected chi connectivity index (χ2v) is 8.22. The number of thiophene rings is 1. The fourth-order valence-corrected chi connectivity index (χ4v) is 4.40. The van der Waals surface area contributed by atoms with Gasteiger partial charge in [-0.15, -0.1) is 11.3 Å². The molecule has 0 N–H and O–H groups in total. The molecule has 0 aliphatic carbocycles. The molecule has 2 aromatic heterocycles. The first-order valence-corrected chi connectivity index (χ1v) is 10.5. The van der Waals surface area contributed by atoms with E-state index >= 15 is 0 Å². The van der Waals surface area contributed by atoms with Crippen molar-refractivity contribution >= 4 is 33.2 Å². The van der Waals surface area contributed by atoms with Gasteiger partial charge in [0.25, 0.3) is 0 Å². The summed E-state index contributed by atoms with van der Waals surface area (Å²) in [6.45, 7) is 5.59. The van der Waals surface area contributed by atoms with Crippen molar-refractivity contribution in [2.24, 2.45) is 0 Å². The predicted molar refractivity (Wildman–Crippen MR) is 112 cm³/mol. The Hall–Kier alpha value is -2.60. The van der Waals surface area contributed by atoms with Gasteiger partial charge in [0, 0.05) is 19.2 Å². The molecule has 0 spiro atoms. The van der Waals surface area contributed by atoms with Gasteiger partial charge in [0.15, 0.2) is 0 Å². The first-order valence-electron chi connectivity index (χ1n) is 9.61. The number of esters is 1. The van der Waals surface area contributed by atoms with Crippen LogP contribution in [0.1, 0.15) is 25.8 Å². The zero-order valence-corrected chi connectivity index (χ0v) is 16.9. The van der Waals surface area contributed by atoms with Gasteiger partial charge in [0.05, 0.1) is 35.0 Å². The predicted octanol–water partition coefficient (Wildman–Crippen LogP) is 4.45. The molecule has 1 aromatic carbocycles. The van der Waals surface area contributed by atoms with E-state index in [4.69, 9.17) is 9.47 Å². The maximum atomic E-state index is 12.4. The quantitative estimate of drug-likeness (QED) is 0.576. The van der Waals surface area contributed by atoms with Crippen molar-refractivity contribution in [2.75, 3.05) is 18.0 Å². The molecular formula is C22H24N2O3S. The number of carbonyl (C=O) groups excluding carboxylic acids is 1. The van der Waals surface area contributed by atoms with E-state index in [-0.39, 0.29) is 24.6 Å². The van der Waals surface area contributed by atoms with Crippen LogP contribution in [-0.4, -0.2) is 36.3 Å². The van der Waals surface area contributed by atoms with Crippen LogP contribution in [0.2, 0.25) is 0 Å². The number of carbonyl (C=O) groups is 1. The molecule has 28 heavy (non-hydrogen) atoms. The Bertz CT molecular complexity index is 952. The van der Waals surface area contributed by atoms with Crippen LogP contribution in [0.25, 0.3) is 10.2 Å². The highest BCUT2D eigenvalue weighted by atomic mass is 32.1. The average Bonchev–Trinajstić information content (AvgIpc) is 3.32. The standard InChI is InChI=1S/C22H24N2O3S/c1-15(2)26-17-5-3-16(4-6-17)13-21(25)27-18-8-11-24(14-18)20-7-10-23-19-9-12-28-22(19)20/h3-7,9-10,12,15,18H,8,11,13-14H2,1-2H3. The molecule has 0 bridgehead atoms. The first kappa shape index (κ1) is 18.7. The van der Waals surface area contributed by atoms with Gasteiger partial charge in [0.1, 0.15) is 11.9 Å². The van der Waals surface area contributed by atoms with Gasteiger partial charge < -0.3 is 14.4 Å². The van der Waals surface area contributed by atoms with E-state index in [2.05, 4.69) is 15.3 Å². The smallest absolute Gasteiger partial charge is 0.310 e. The Kier molecular flexibility index (Phi) is 5.48. The molecular weight excluding hydrogens is 372 g/mol. The van der Waals surface area contributed by atoms with Crippen LogP contribution in [0.3, 0.4) is 0 Å². The molecule has 5 nitrogen and oxygen atoms in total. The van der Waals surface area contributed by atoms with Gasteiger partial charge >= 0.3 is 5.97 Å². The number of anilines is 1. The second-order valence-electron chi connectivity index (χ2n) is 7.30. The van der Waals surface area contributed by atoms with E-state index in [0.717, 1.165) is 36.3 Å². The molecule has 1 aliphatic rings. The van der Waals surface area contributed by atoms with Crippen LogP contribution in [0.4, 0.5) is 5.69 Å². The van der Waals surface area contributed by atoms with Crippen LogP contribution in [-0.2, 0) is 16.0 Å². The molecule has 1 atom stereocenters. The highest BCUT2D eigenvalue weighted by Crippen LogP contribution is 2.32. The van der Waals surface area contributed by atoms with Crippen molar-refractivity contribution in [3.8, 4) is 5.75 Å². The van der Waals surface area contributed by atoms with E-state index in [0.29, 0.717) is 0 Å². The van der Waals surface area contributed by atoms with Crippen molar-refractivity contribution in [2.45, 2.75) is 38.9 Å². The Morgan fingerprint density at radius 3 is 2.86 bits per heavy atom. The lowest BCUT2D eigenvalue weighted by Crippen LogP contribution is -2.25. The summed E-state index contributed by atoms with van der Waals surface area (Å²) in [5, 5.41) is 2.06. The summed E-state index contributed by atoms with van der Waals surface area (Å²) in [6, 6.07) is 11.7. The summed E-state index contributed by atoms with van der Waals surface area (Å²) >= 11 is 1.70. The molecule has 1 unspecified atom stereocenters. The number of benzene rings is 1. The summed E-state index contributed by atoms with van der Waals surface area (Å²) in [5.41, 5.74) is 3.14. The summed E-state index contributed by atoms with van der Waals surface area (Å²) < 4.78 is 12.6. The van der Waals surface area contributed by atoms with Gasteiger partial charge in [-0.3, -0.25) is 9.78 Å². The lowest BCUT2D eigenvalue weighted by molar-refractivity contribution is -0.147.